The molecule has 0 aromatic heterocycles. The van der Waals surface area contributed by atoms with Crippen molar-refractivity contribution in [3.8, 4) is 0 Å². The minimum atomic E-state index is -0.530. The zero-order valence-electron chi connectivity index (χ0n) is 20.1. The normalized spacial score (nSPS) is 18.4. The summed E-state index contributed by atoms with van der Waals surface area (Å²) in [5, 5.41) is 3.22. The molecule has 4 nitrogen and oxygen atoms in total. The van der Waals surface area contributed by atoms with Gasteiger partial charge in [-0.1, -0.05) is 95.0 Å². The fourth-order valence-electron chi connectivity index (χ4n) is 4.02. The van der Waals surface area contributed by atoms with E-state index in [2.05, 4.69) is 57.3 Å². The molecule has 2 aromatic carbocycles. The second kappa shape index (κ2) is 11.4. The Morgan fingerprint density at radius 3 is 2.39 bits per heavy atom. The van der Waals surface area contributed by atoms with E-state index in [0.717, 1.165) is 24.8 Å². The van der Waals surface area contributed by atoms with Crippen molar-refractivity contribution in [1.82, 2.24) is 10.2 Å². The smallest absolute Gasteiger partial charge is 0.257 e. The SMILES string of the molecule is CCCCCCNC(=O)C1CSC(c2ccc(C(C)(C)C)cc2)N1C(=O)c1ccccc1Cl. The van der Waals surface area contributed by atoms with Crippen LogP contribution in [0, 0.1) is 0 Å². The number of hydrogen-bond acceptors (Lipinski definition) is 3. The summed E-state index contributed by atoms with van der Waals surface area (Å²) in [6.45, 7) is 9.35. The Balaban J connectivity index is 1.85. The van der Waals surface area contributed by atoms with E-state index in [-0.39, 0.29) is 22.6 Å². The highest BCUT2D eigenvalue weighted by atomic mass is 35.5. The summed E-state index contributed by atoms with van der Waals surface area (Å²) in [6, 6.07) is 14.9. The molecule has 1 aliphatic rings. The summed E-state index contributed by atoms with van der Waals surface area (Å²) >= 11 is 8.00. The number of halogens is 1. The highest BCUT2D eigenvalue weighted by Gasteiger charge is 2.43. The predicted molar refractivity (Wildman–Crippen MR) is 139 cm³/mol. The number of rotatable bonds is 8. The van der Waals surface area contributed by atoms with Crippen LogP contribution in [0.1, 0.15) is 80.2 Å². The number of nitrogens with zero attached hydrogens (tertiary/aromatic N) is 1. The lowest BCUT2D eigenvalue weighted by molar-refractivity contribution is -0.124. The molecule has 6 heteroatoms. The van der Waals surface area contributed by atoms with Crippen LogP contribution in [0.5, 0.6) is 0 Å². The maximum absolute atomic E-state index is 13.7. The lowest BCUT2D eigenvalue weighted by atomic mass is 9.86. The maximum atomic E-state index is 13.7. The van der Waals surface area contributed by atoms with E-state index in [1.807, 2.05) is 0 Å². The Bertz CT molecular complexity index is 955. The van der Waals surface area contributed by atoms with Crippen LogP contribution < -0.4 is 5.32 Å². The second-order valence-electron chi connectivity index (χ2n) is 9.62. The quantitative estimate of drug-likeness (QED) is 0.428. The number of hydrogen-bond donors (Lipinski definition) is 1. The van der Waals surface area contributed by atoms with Crippen LogP contribution in [-0.2, 0) is 10.2 Å². The van der Waals surface area contributed by atoms with Gasteiger partial charge in [0.2, 0.25) is 5.91 Å². The predicted octanol–water partition coefficient (Wildman–Crippen LogP) is 6.59. The first-order chi connectivity index (χ1) is 15.7. The lowest BCUT2D eigenvalue weighted by Crippen LogP contribution is -2.48. The summed E-state index contributed by atoms with van der Waals surface area (Å²) in [5.74, 6) is 0.262. The fraction of sp³-hybridized carbons (Fsp3) is 0.481. The van der Waals surface area contributed by atoms with Gasteiger partial charge in [0.15, 0.2) is 0 Å². The first kappa shape index (κ1) is 25.6. The summed E-state index contributed by atoms with van der Waals surface area (Å²) in [7, 11) is 0. The molecule has 1 N–H and O–H groups in total. The van der Waals surface area contributed by atoms with Crippen molar-refractivity contribution in [2.45, 2.75) is 70.2 Å². The van der Waals surface area contributed by atoms with Crippen LogP contribution in [0.25, 0.3) is 0 Å². The first-order valence-corrected chi connectivity index (χ1v) is 13.2. The molecular weight excluding hydrogens is 452 g/mol. The molecule has 1 heterocycles. The lowest BCUT2D eigenvalue weighted by Gasteiger charge is -2.30. The summed E-state index contributed by atoms with van der Waals surface area (Å²) in [4.78, 5) is 28.5. The zero-order chi connectivity index (χ0) is 24.0. The molecule has 0 aliphatic carbocycles. The Morgan fingerprint density at radius 2 is 1.76 bits per heavy atom. The number of unbranched alkanes of at least 4 members (excludes halogenated alkanes) is 3. The van der Waals surface area contributed by atoms with Crippen molar-refractivity contribution in [2.24, 2.45) is 0 Å². The van der Waals surface area contributed by atoms with E-state index in [1.54, 1.807) is 40.9 Å². The van der Waals surface area contributed by atoms with Gasteiger partial charge in [-0.25, -0.2) is 0 Å². The van der Waals surface area contributed by atoms with Crippen LogP contribution in [-0.4, -0.2) is 35.1 Å². The van der Waals surface area contributed by atoms with E-state index >= 15 is 0 Å². The molecule has 0 bridgehead atoms. The van der Waals surface area contributed by atoms with Crippen LogP contribution in [0.15, 0.2) is 48.5 Å². The molecule has 0 saturated carbocycles. The monoisotopic (exact) mass is 486 g/mol. The number of benzene rings is 2. The van der Waals surface area contributed by atoms with Crippen LogP contribution in [0.4, 0.5) is 0 Å². The third-order valence-corrected chi connectivity index (χ3v) is 7.69. The van der Waals surface area contributed by atoms with Gasteiger partial charge in [-0.15, -0.1) is 11.8 Å². The molecule has 2 amide bonds. The Hall–Kier alpha value is -1.98. The van der Waals surface area contributed by atoms with Gasteiger partial charge in [0.1, 0.15) is 11.4 Å². The van der Waals surface area contributed by atoms with Crippen molar-refractivity contribution in [1.29, 1.82) is 0 Å². The van der Waals surface area contributed by atoms with Gasteiger partial charge in [0.05, 0.1) is 10.6 Å². The molecule has 33 heavy (non-hydrogen) atoms. The Morgan fingerprint density at radius 1 is 1.06 bits per heavy atom. The molecule has 1 aliphatic heterocycles. The second-order valence-corrected chi connectivity index (χ2v) is 11.1. The van der Waals surface area contributed by atoms with Crippen molar-refractivity contribution in [3.63, 3.8) is 0 Å². The van der Waals surface area contributed by atoms with Gasteiger partial charge in [0, 0.05) is 12.3 Å². The third-order valence-electron chi connectivity index (χ3n) is 6.03. The summed E-state index contributed by atoms with van der Waals surface area (Å²) in [6.07, 6.45) is 4.37. The van der Waals surface area contributed by atoms with Crippen LogP contribution in [0.2, 0.25) is 5.02 Å². The van der Waals surface area contributed by atoms with Crippen molar-refractivity contribution < 1.29 is 9.59 Å². The zero-order valence-corrected chi connectivity index (χ0v) is 21.6. The van der Waals surface area contributed by atoms with Crippen LogP contribution >= 0.6 is 23.4 Å². The van der Waals surface area contributed by atoms with Gasteiger partial charge in [-0.05, 0) is 35.1 Å². The average Bonchev–Trinajstić information content (AvgIpc) is 3.23. The number of thioether (sulfide) groups is 1. The van der Waals surface area contributed by atoms with E-state index < -0.39 is 6.04 Å². The number of nitrogens with one attached hydrogen (secondary N) is 1. The molecule has 1 saturated heterocycles. The average molecular weight is 487 g/mol. The van der Waals surface area contributed by atoms with E-state index in [1.165, 1.54) is 12.0 Å². The molecule has 2 atom stereocenters. The Kier molecular flexibility index (Phi) is 8.88. The molecule has 0 radical (unpaired) electrons. The molecule has 178 valence electrons. The van der Waals surface area contributed by atoms with Gasteiger partial charge in [-0.2, -0.15) is 0 Å². The standard InChI is InChI=1S/C27H35ClN2O2S/c1-5-6-7-10-17-29-24(31)23-18-33-26(19-13-15-20(16-14-19)27(2,3)4)30(23)25(32)21-11-8-9-12-22(21)28/h8-9,11-16,23,26H,5-7,10,17-18H2,1-4H3,(H,29,31). The molecule has 2 unspecified atom stereocenters. The van der Waals surface area contributed by atoms with Crippen molar-refractivity contribution in [2.75, 3.05) is 12.3 Å². The van der Waals surface area contributed by atoms with Gasteiger partial charge in [-0.3, -0.25) is 9.59 Å². The van der Waals surface area contributed by atoms with Crippen molar-refractivity contribution in [3.05, 3.63) is 70.2 Å². The summed E-state index contributed by atoms with van der Waals surface area (Å²) < 4.78 is 0. The van der Waals surface area contributed by atoms with Crippen LogP contribution in [0.3, 0.4) is 0 Å². The number of carbonyl (C=O) groups is 2. The summed E-state index contributed by atoms with van der Waals surface area (Å²) in [5.41, 5.74) is 2.74. The van der Waals surface area contributed by atoms with E-state index in [0.29, 0.717) is 22.9 Å². The fourth-order valence-corrected chi connectivity index (χ4v) is 5.66. The maximum Gasteiger partial charge on any atom is 0.257 e. The van der Waals surface area contributed by atoms with E-state index in [9.17, 15) is 9.59 Å². The highest BCUT2D eigenvalue weighted by Crippen LogP contribution is 2.43. The molecule has 1 fully saturated rings. The van der Waals surface area contributed by atoms with E-state index in [4.69, 9.17) is 11.6 Å². The first-order valence-electron chi connectivity index (χ1n) is 11.8. The van der Waals surface area contributed by atoms with Crippen molar-refractivity contribution >= 4 is 35.2 Å². The molecule has 2 aromatic rings. The van der Waals surface area contributed by atoms with Gasteiger partial charge < -0.3 is 10.2 Å². The Labute approximate surface area is 207 Å². The van der Waals surface area contributed by atoms with Gasteiger partial charge >= 0.3 is 0 Å². The topological polar surface area (TPSA) is 49.4 Å². The minimum Gasteiger partial charge on any atom is -0.354 e. The minimum absolute atomic E-state index is 0.0502. The molecule has 0 spiro atoms. The largest absolute Gasteiger partial charge is 0.354 e. The number of amides is 2. The molecule has 3 rings (SSSR count). The number of carbonyl (C=O) groups excluding carboxylic acids is 2. The van der Waals surface area contributed by atoms with Gasteiger partial charge in [0.25, 0.3) is 5.91 Å². The molecular formula is C27H35ClN2O2S. The highest BCUT2D eigenvalue weighted by molar-refractivity contribution is 7.99. The third kappa shape index (κ3) is 6.33.